The van der Waals surface area contributed by atoms with Gasteiger partial charge in [0.2, 0.25) is 11.1 Å². The minimum Gasteiger partial charge on any atom is -0.543 e. The van der Waals surface area contributed by atoms with Crippen LogP contribution in [0.3, 0.4) is 0 Å². The monoisotopic (exact) mass is 563 g/mol. The average molecular weight is 564 g/mol. The molecular weight excluding hydrogens is 545 g/mol. The number of nitrogens with zero attached hydrogens (tertiary/aromatic N) is 5. The number of nitrogens with one attached hydrogen (secondary N) is 2. The van der Waals surface area contributed by atoms with Crippen molar-refractivity contribution in [3.05, 3.63) is 32.9 Å². The molecule has 2 aromatic rings. The number of tetrazole rings is 1. The third-order valence-electron chi connectivity index (χ3n) is 5.39. The SMILES string of the molecule is COC(=O)c1c(CC(=O)N[C@]2(OC)C(=O)N3C(C(=O)[O-])=C(CSc4nnnn4C)CS[C@@H]32)o[nH]c1=O.[Na+]. The molecule has 37 heavy (non-hydrogen) atoms. The van der Waals surface area contributed by atoms with Crippen LogP contribution in [0.4, 0.5) is 0 Å². The van der Waals surface area contributed by atoms with Gasteiger partial charge in [0.25, 0.3) is 17.2 Å². The quantitative estimate of drug-likeness (QED) is 0.0955. The van der Waals surface area contributed by atoms with Crippen LogP contribution in [0.1, 0.15) is 16.1 Å². The number of methoxy groups -OCH3 is 2. The van der Waals surface area contributed by atoms with Crippen LogP contribution in [0.5, 0.6) is 0 Å². The van der Waals surface area contributed by atoms with E-state index in [-0.39, 0.29) is 52.5 Å². The molecule has 0 bridgehead atoms. The first-order chi connectivity index (χ1) is 17.1. The zero-order valence-electron chi connectivity index (χ0n) is 19.9. The smallest absolute Gasteiger partial charge is 0.543 e. The maximum atomic E-state index is 13.2. The molecule has 19 heteroatoms. The standard InChI is InChI=1S/C18H19N7O9S2.Na/c1-24-17(20-22-23-24)36-6-7-5-35-16-18(33-3,15(31)25(16)11(7)13(28)29)19-9(26)4-8-10(14(30)32-2)12(27)21-34-8;/h16H,4-6H2,1-3H3,(H,19,26)(H,21,27)(H,28,29);/q;+1/p-1/t16-,18+;/m1./s1. The zero-order valence-corrected chi connectivity index (χ0v) is 23.6. The molecule has 0 unspecified atom stereocenters. The van der Waals surface area contributed by atoms with E-state index in [1.165, 1.54) is 35.3 Å². The number of β-lactam (4-membered cyclic amide) rings is 1. The van der Waals surface area contributed by atoms with Crippen molar-refractivity contribution >= 4 is 47.3 Å². The molecule has 192 valence electrons. The number of ether oxygens (including phenoxy) is 2. The largest absolute Gasteiger partial charge is 1.00 e. The number of aryl methyl sites for hydroxylation is 1. The summed E-state index contributed by atoms with van der Waals surface area (Å²) in [6, 6.07) is 0. The Bertz CT molecular complexity index is 1340. The molecule has 2 aromatic heterocycles. The molecule has 16 nitrogen and oxygen atoms in total. The Morgan fingerprint density at radius 2 is 2.08 bits per heavy atom. The first-order valence-electron chi connectivity index (χ1n) is 10.0. The van der Waals surface area contributed by atoms with Crippen molar-refractivity contribution in [2.45, 2.75) is 22.7 Å². The van der Waals surface area contributed by atoms with Gasteiger partial charge in [-0.25, -0.2) is 9.48 Å². The molecule has 0 radical (unpaired) electrons. The van der Waals surface area contributed by atoms with Gasteiger partial charge in [-0.1, -0.05) is 11.8 Å². The topological polar surface area (TPSA) is 215 Å². The van der Waals surface area contributed by atoms with Gasteiger partial charge in [0.15, 0.2) is 11.3 Å². The summed E-state index contributed by atoms with van der Waals surface area (Å²) < 4.78 is 16.2. The molecule has 0 spiro atoms. The molecule has 1 saturated heterocycles. The van der Waals surface area contributed by atoms with Gasteiger partial charge < -0.3 is 29.2 Å². The van der Waals surface area contributed by atoms with Gasteiger partial charge in [-0.15, -0.1) is 16.9 Å². The summed E-state index contributed by atoms with van der Waals surface area (Å²) >= 11 is 2.36. The van der Waals surface area contributed by atoms with Crippen molar-refractivity contribution in [1.29, 1.82) is 0 Å². The summed E-state index contributed by atoms with van der Waals surface area (Å²) in [5.74, 6) is -4.16. The first-order valence-corrected chi connectivity index (χ1v) is 12.1. The van der Waals surface area contributed by atoms with E-state index < -0.39 is 52.4 Å². The Morgan fingerprint density at radius 1 is 1.35 bits per heavy atom. The molecule has 2 N–H and O–H groups in total. The Balaban J connectivity index is 0.00000380. The van der Waals surface area contributed by atoms with Crippen LogP contribution in [-0.2, 0) is 37.3 Å². The molecule has 0 aliphatic carbocycles. The number of hydrogen-bond acceptors (Lipinski definition) is 14. The van der Waals surface area contributed by atoms with Gasteiger partial charge in [0.05, 0.1) is 25.2 Å². The number of carbonyl (C=O) groups excluding carboxylic acids is 4. The second-order valence-electron chi connectivity index (χ2n) is 7.44. The van der Waals surface area contributed by atoms with Gasteiger partial charge in [0.1, 0.15) is 5.37 Å². The van der Waals surface area contributed by atoms with Crippen LogP contribution in [0.15, 0.2) is 25.7 Å². The van der Waals surface area contributed by atoms with Crippen molar-refractivity contribution in [2.75, 3.05) is 25.7 Å². The van der Waals surface area contributed by atoms with E-state index in [2.05, 4.69) is 25.6 Å². The molecular formula is C18H18N7NaO9S2. The third-order valence-corrected chi connectivity index (χ3v) is 7.86. The Labute approximate surface area is 238 Å². The number of thioether (sulfide) groups is 2. The molecule has 1 fully saturated rings. The fourth-order valence-electron chi connectivity index (χ4n) is 3.70. The van der Waals surface area contributed by atoms with Crippen molar-refractivity contribution in [3.63, 3.8) is 0 Å². The second-order valence-corrected chi connectivity index (χ2v) is 9.45. The number of rotatable bonds is 9. The predicted molar refractivity (Wildman–Crippen MR) is 117 cm³/mol. The number of aliphatic carboxylic acids is 1. The Kier molecular flexibility index (Phi) is 8.91. The van der Waals surface area contributed by atoms with Gasteiger partial charge in [0, 0.05) is 25.7 Å². The summed E-state index contributed by atoms with van der Waals surface area (Å²) in [5, 5.41) is 26.9. The summed E-state index contributed by atoms with van der Waals surface area (Å²) in [5.41, 5.74) is -3.18. The van der Waals surface area contributed by atoms with E-state index in [1.54, 1.807) is 7.05 Å². The van der Waals surface area contributed by atoms with Crippen LogP contribution in [0.2, 0.25) is 0 Å². The third kappa shape index (κ3) is 5.08. The molecule has 4 rings (SSSR count). The van der Waals surface area contributed by atoms with Gasteiger partial charge in [-0.05, 0) is 16.0 Å². The van der Waals surface area contributed by atoms with Crippen LogP contribution in [0.25, 0.3) is 0 Å². The molecule has 0 aromatic carbocycles. The summed E-state index contributed by atoms with van der Waals surface area (Å²) in [7, 11) is 3.87. The van der Waals surface area contributed by atoms with E-state index in [9.17, 15) is 29.1 Å². The summed E-state index contributed by atoms with van der Waals surface area (Å²) in [6.45, 7) is 0. The fourth-order valence-corrected chi connectivity index (χ4v) is 6.13. The van der Waals surface area contributed by atoms with E-state index >= 15 is 0 Å². The molecule has 2 amide bonds. The van der Waals surface area contributed by atoms with E-state index in [0.29, 0.717) is 10.7 Å². The fraction of sp³-hybridized carbons (Fsp3) is 0.444. The molecule has 2 aliphatic rings. The maximum absolute atomic E-state index is 13.2. The number of fused-ring (bicyclic) bond motifs is 1. The van der Waals surface area contributed by atoms with Crippen molar-refractivity contribution < 1.29 is 67.8 Å². The minimum atomic E-state index is -1.89. The number of carboxylic acid groups (broad SMARTS) is 1. The van der Waals surface area contributed by atoms with Crippen LogP contribution < -0.4 is 45.5 Å². The van der Waals surface area contributed by atoms with E-state index in [0.717, 1.165) is 12.0 Å². The van der Waals surface area contributed by atoms with Crippen molar-refractivity contribution in [3.8, 4) is 0 Å². The molecule has 0 saturated carbocycles. The number of carboxylic acids is 1. The molecule has 2 aliphatic heterocycles. The van der Waals surface area contributed by atoms with E-state index in [4.69, 9.17) is 9.26 Å². The van der Waals surface area contributed by atoms with Gasteiger partial charge in [-0.3, -0.25) is 19.3 Å². The predicted octanol–water partition coefficient (Wildman–Crippen LogP) is -6.01. The number of hydrogen-bond donors (Lipinski definition) is 2. The summed E-state index contributed by atoms with van der Waals surface area (Å²) in [4.78, 5) is 62.5. The van der Waals surface area contributed by atoms with Crippen molar-refractivity contribution in [2.24, 2.45) is 7.05 Å². The number of esters is 1. The second kappa shape index (κ2) is 11.4. The van der Waals surface area contributed by atoms with Crippen molar-refractivity contribution in [1.82, 2.24) is 35.6 Å². The van der Waals surface area contributed by atoms with Gasteiger partial charge >= 0.3 is 35.5 Å². The number of aromatic amines is 1. The van der Waals surface area contributed by atoms with E-state index in [1.807, 2.05) is 5.16 Å². The number of carbonyl (C=O) groups is 4. The normalized spacial score (nSPS) is 20.6. The number of amides is 2. The average Bonchev–Trinajstić information content (AvgIpc) is 3.43. The summed E-state index contributed by atoms with van der Waals surface area (Å²) in [6.07, 6.45) is -0.601. The molecule has 2 atom stereocenters. The Morgan fingerprint density at radius 3 is 2.68 bits per heavy atom. The number of aromatic nitrogens is 5. The van der Waals surface area contributed by atoms with Gasteiger partial charge in [-0.2, -0.15) is 5.16 Å². The van der Waals surface area contributed by atoms with Crippen LogP contribution >= 0.6 is 23.5 Å². The zero-order chi connectivity index (χ0) is 26.2. The molecule has 4 heterocycles. The van der Waals surface area contributed by atoms with Crippen LogP contribution in [-0.4, -0.2) is 90.8 Å². The minimum absolute atomic E-state index is 0. The number of H-pyrrole nitrogens is 1. The Hall–Kier alpha value is -2.64. The first kappa shape index (κ1) is 28.9. The van der Waals surface area contributed by atoms with Crippen LogP contribution in [0, 0.1) is 0 Å². The maximum Gasteiger partial charge on any atom is 1.00 e.